The van der Waals surface area contributed by atoms with E-state index in [2.05, 4.69) is 11.9 Å². The van der Waals surface area contributed by atoms with Crippen LogP contribution in [0, 0.1) is 11.8 Å². The summed E-state index contributed by atoms with van der Waals surface area (Å²) in [5, 5.41) is 11.5. The highest BCUT2D eigenvalue weighted by Crippen LogP contribution is 2.41. The minimum absolute atomic E-state index is 0. The number of nitrogens with one attached hydrogen (secondary N) is 1. The molecule has 3 atom stereocenters. The second-order valence-electron chi connectivity index (χ2n) is 4.05. The fourth-order valence-electron chi connectivity index (χ4n) is 1.60. The van der Waals surface area contributed by atoms with Crippen LogP contribution in [-0.2, 0) is 4.79 Å². The SMILES string of the molecule is C=C(CF)NCC1CC1CC(N)C(=O)O.Cl. The summed E-state index contributed by atoms with van der Waals surface area (Å²) in [6.45, 7) is 3.59. The molecule has 0 aromatic heterocycles. The van der Waals surface area contributed by atoms with Crippen LogP contribution in [0.5, 0.6) is 0 Å². The zero-order chi connectivity index (χ0) is 11.4. The van der Waals surface area contributed by atoms with Crippen molar-refractivity contribution in [3.05, 3.63) is 12.3 Å². The van der Waals surface area contributed by atoms with Gasteiger partial charge in [0.05, 0.1) is 0 Å². The Kier molecular flexibility index (Phi) is 6.36. The third-order valence-electron chi connectivity index (χ3n) is 2.72. The molecule has 0 heterocycles. The highest BCUT2D eigenvalue weighted by atomic mass is 35.5. The summed E-state index contributed by atoms with van der Waals surface area (Å²) in [6, 6.07) is -0.774. The van der Waals surface area contributed by atoms with Crippen LogP contribution in [-0.4, -0.2) is 30.3 Å². The minimum Gasteiger partial charge on any atom is -0.480 e. The van der Waals surface area contributed by atoms with E-state index < -0.39 is 18.7 Å². The van der Waals surface area contributed by atoms with Gasteiger partial charge in [-0.1, -0.05) is 6.58 Å². The molecule has 0 saturated heterocycles. The van der Waals surface area contributed by atoms with Crippen LogP contribution in [0.25, 0.3) is 0 Å². The maximum atomic E-state index is 12.0. The Balaban J connectivity index is 0.00000225. The largest absolute Gasteiger partial charge is 0.480 e. The molecule has 0 aromatic rings. The van der Waals surface area contributed by atoms with E-state index in [0.29, 0.717) is 30.5 Å². The first-order valence-electron chi connectivity index (χ1n) is 5.00. The van der Waals surface area contributed by atoms with E-state index in [9.17, 15) is 9.18 Å². The molecule has 4 nitrogen and oxygen atoms in total. The fraction of sp³-hybridized carbons (Fsp3) is 0.700. The molecule has 16 heavy (non-hydrogen) atoms. The van der Waals surface area contributed by atoms with Gasteiger partial charge in [-0.05, 0) is 24.7 Å². The standard InChI is InChI=1S/C10H17FN2O2.ClH/c1-6(4-11)13-5-8-2-7(8)3-9(12)10(14)15;/h7-9,13H,1-5,12H2,(H,14,15);1H. The number of carboxylic acids is 1. The van der Waals surface area contributed by atoms with Crippen LogP contribution < -0.4 is 11.1 Å². The number of carboxylic acid groups (broad SMARTS) is 1. The molecule has 0 bridgehead atoms. The van der Waals surface area contributed by atoms with Crippen molar-refractivity contribution in [2.24, 2.45) is 17.6 Å². The first-order valence-corrected chi connectivity index (χ1v) is 5.00. The zero-order valence-corrected chi connectivity index (χ0v) is 9.80. The first kappa shape index (κ1) is 15.2. The van der Waals surface area contributed by atoms with Crippen LogP contribution in [0.4, 0.5) is 4.39 Å². The summed E-state index contributed by atoms with van der Waals surface area (Å²) in [7, 11) is 0. The van der Waals surface area contributed by atoms with Gasteiger partial charge in [-0.3, -0.25) is 4.79 Å². The minimum atomic E-state index is -0.957. The molecule has 6 heteroatoms. The van der Waals surface area contributed by atoms with Crippen LogP contribution in [0.15, 0.2) is 12.3 Å². The lowest BCUT2D eigenvalue weighted by atomic mass is 10.1. The molecule has 94 valence electrons. The van der Waals surface area contributed by atoms with Crippen LogP contribution in [0.1, 0.15) is 12.8 Å². The zero-order valence-electron chi connectivity index (χ0n) is 8.99. The van der Waals surface area contributed by atoms with E-state index in [0.717, 1.165) is 6.42 Å². The van der Waals surface area contributed by atoms with Crippen molar-refractivity contribution < 1.29 is 14.3 Å². The monoisotopic (exact) mass is 252 g/mol. The van der Waals surface area contributed by atoms with Gasteiger partial charge in [0.2, 0.25) is 0 Å². The number of aliphatic carboxylic acids is 1. The Bertz CT molecular complexity index is 263. The van der Waals surface area contributed by atoms with Crippen molar-refractivity contribution in [1.82, 2.24) is 5.32 Å². The van der Waals surface area contributed by atoms with Gasteiger partial charge in [0.15, 0.2) is 0 Å². The van der Waals surface area contributed by atoms with Crippen LogP contribution in [0.3, 0.4) is 0 Å². The lowest BCUT2D eigenvalue weighted by Crippen LogP contribution is -2.31. The summed E-state index contributed by atoms with van der Waals surface area (Å²) in [4.78, 5) is 10.5. The highest BCUT2D eigenvalue weighted by molar-refractivity contribution is 5.85. The number of carbonyl (C=O) groups is 1. The van der Waals surface area contributed by atoms with Gasteiger partial charge in [-0.25, -0.2) is 4.39 Å². The number of hydrogen-bond donors (Lipinski definition) is 3. The summed E-state index contributed by atoms with van der Waals surface area (Å²) in [5.41, 5.74) is 5.78. The lowest BCUT2D eigenvalue weighted by molar-refractivity contribution is -0.138. The molecule has 1 saturated carbocycles. The predicted octanol–water partition coefficient (Wildman–Crippen LogP) is 0.919. The normalized spacial score (nSPS) is 24.1. The Morgan fingerprint density at radius 2 is 2.25 bits per heavy atom. The summed E-state index contributed by atoms with van der Waals surface area (Å²) < 4.78 is 12.0. The van der Waals surface area contributed by atoms with E-state index in [-0.39, 0.29) is 12.4 Å². The Hall–Kier alpha value is -0.810. The number of hydrogen-bond acceptors (Lipinski definition) is 3. The molecular formula is C10H18ClFN2O2. The average Bonchev–Trinajstić information content (AvgIpc) is 2.92. The second-order valence-corrected chi connectivity index (χ2v) is 4.05. The second kappa shape index (κ2) is 6.70. The van der Waals surface area contributed by atoms with Crippen molar-refractivity contribution in [2.45, 2.75) is 18.9 Å². The predicted molar refractivity (Wildman–Crippen MR) is 62.2 cm³/mol. The molecule has 3 unspecified atom stereocenters. The number of allylic oxidation sites excluding steroid dienone is 1. The van der Waals surface area contributed by atoms with E-state index >= 15 is 0 Å². The smallest absolute Gasteiger partial charge is 0.320 e. The maximum absolute atomic E-state index is 12.0. The number of rotatable bonds is 7. The van der Waals surface area contributed by atoms with Gasteiger partial charge in [0.1, 0.15) is 12.7 Å². The Labute approximate surface area is 100 Å². The summed E-state index contributed by atoms with van der Waals surface area (Å²) in [5.74, 6) is -0.184. The van der Waals surface area contributed by atoms with Gasteiger partial charge in [-0.15, -0.1) is 12.4 Å². The van der Waals surface area contributed by atoms with E-state index in [4.69, 9.17) is 10.8 Å². The number of nitrogens with two attached hydrogens (primary N) is 1. The molecule has 1 aliphatic rings. The Morgan fingerprint density at radius 3 is 2.75 bits per heavy atom. The summed E-state index contributed by atoms with van der Waals surface area (Å²) >= 11 is 0. The van der Waals surface area contributed by atoms with Gasteiger partial charge in [-0.2, -0.15) is 0 Å². The van der Waals surface area contributed by atoms with Crippen molar-refractivity contribution in [1.29, 1.82) is 0 Å². The average molecular weight is 253 g/mol. The van der Waals surface area contributed by atoms with E-state index in [1.165, 1.54) is 0 Å². The lowest BCUT2D eigenvalue weighted by Gasteiger charge is -2.07. The molecular weight excluding hydrogens is 235 g/mol. The molecule has 0 aromatic carbocycles. The topological polar surface area (TPSA) is 75.3 Å². The summed E-state index contributed by atoms with van der Waals surface area (Å²) in [6.07, 6.45) is 1.47. The molecule has 1 fully saturated rings. The molecule has 0 aliphatic heterocycles. The molecule has 1 aliphatic carbocycles. The molecule has 0 radical (unpaired) electrons. The third-order valence-corrected chi connectivity index (χ3v) is 2.72. The van der Waals surface area contributed by atoms with Gasteiger partial charge < -0.3 is 16.2 Å². The van der Waals surface area contributed by atoms with Crippen LogP contribution >= 0.6 is 12.4 Å². The van der Waals surface area contributed by atoms with Gasteiger partial charge in [0.25, 0.3) is 0 Å². The maximum Gasteiger partial charge on any atom is 0.320 e. The highest BCUT2D eigenvalue weighted by Gasteiger charge is 2.38. The number of alkyl halides is 1. The van der Waals surface area contributed by atoms with Gasteiger partial charge >= 0.3 is 5.97 Å². The van der Waals surface area contributed by atoms with Crippen molar-refractivity contribution in [2.75, 3.05) is 13.2 Å². The molecule has 1 rings (SSSR count). The third kappa shape index (κ3) is 4.81. The van der Waals surface area contributed by atoms with E-state index in [1.54, 1.807) is 0 Å². The van der Waals surface area contributed by atoms with Crippen LogP contribution in [0.2, 0.25) is 0 Å². The van der Waals surface area contributed by atoms with Crippen molar-refractivity contribution in [3.63, 3.8) is 0 Å². The van der Waals surface area contributed by atoms with Gasteiger partial charge in [0, 0.05) is 12.2 Å². The molecule has 0 amide bonds. The van der Waals surface area contributed by atoms with Crippen molar-refractivity contribution in [3.8, 4) is 0 Å². The van der Waals surface area contributed by atoms with E-state index in [1.807, 2.05) is 0 Å². The molecule has 4 N–H and O–H groups in total. The number of halogens is 2. The molecule has 0 spiro atoms. The Morgan fingerprint density at radius 1 is 1.62 bits per heavy atom. The fourth-order valence-corrected chi connectivity index (χ4v) is 1.60. The first-order chi connectivity index (χ1) is 7.04. The van der Waals surface area contributed by atoms with Crippen molar-refractivity contribution >= 4 is 18.4 Å². The quantitative estimate of drug-likeness (QED) is 0.630.